The molecule has 0 heterocycles. The zero-order chi connectivity index (χ0) is 10.8. The second-order valence-corrected chi connectivity index (χ2v) is 3.91. The Bertz CT molecular complexity index is 319. The highest BCUT2D eigenvalue weighted by Crippen LogP contribution is 2.33. The molecular weight excluding hydrogens is 216 g/mol. The first kappa shape index (κ1) is 11.4. The Kier molecular flexibility index (Phi) is 3.42. The van der Waals surface area contributed by atoms with E-state index in [4.69, 9.17) is 0 Å². The third kappa shape index (κ3) is 2.64. The lowest BCUT2D eigenvalue weighted by Crippen LogP contribution is -2.07. The molecule has 0 aliphatic carbocycles. The number of rotatable bonds is 2. The molecule has 1 rings (SSSR count). The van der Waals surface area contributed by atoms with Gasteiger partial charge in [-0.05, 0) is 24.0 Å². The van der Waals surface area contributed by atoms with Crippen molar-refractivity contribution in [2.24, 2.45) is 0 Å². The summed E-state index contributed by atoms with van der Waals surface area (Å²) in [5.74, 6) is -0.513. The van der Waals surface area contributed by atoms with Gasteiger partial charge in [0.1, 0.15) is 5.82 Å². The lowest BCUT2D eigenvalue weighted by atomic mass is 10.2. The van der Waals surface area contributed by atoms with E-state index in [1.807, 2.05) is 6.92 Å². The second kappa shape index (κ2) is 4.21. The van der Waals surface area contributed by atoms with E-state index in [9.17, 15) is 17.6 Å². The molecule has 0 N–H and O–H groups in total. The predicted octanol–water partition coefficient (Wildman–Crippen LogP) is 3.96. The summed E-state index contributed by atoms with van der Waals surface area (Å²) in [4.78, 5) is 0.512. The minimum absolute atomic E-state index is 0.512. The molecule has 5 heteroatoms. The average Bonchev–Trinajstić information content (AvgIpc) is 2.02. The van der Waals surface area contributed by atoms with Crippen molar-refractivity contribution in [1.82, 2.24) is 0 Å². The van der Waals surface area contributed by atoms with E-state index in [0.717, 1.165) is 12.1 Å². The summed E-state index contributed by atoms with van der Waals surface area (Å²) in [5, 5.41) is 0. The first-order valence-corrected chi connectivity index (χ1v) is 4.93. The SMILES string of the molecule is CCSc1ccc(C(F)(F)F)c(F)c1. The quantitative estimate of drug-likeness (QED) is 0.541. The van der Waals surface area contributed by atoms with Crippen molar-refractivity contribution in [1.29, 1.82) is 0 Å². The van der Waals surface area contributed by atoms with E-state index in [2.05, 4.69) is 0 Å². The van der Waals surface area contributed by atoms with Crippen molar-refractivity contribution in [3.05, 3.63) is 29.6 Å². The minimum Gasteiger partial charge on any atom is -0.206 e. The van der Waals surface area contributed by atoms with Gasteiger partial charge in [-0.2, -0.15) is 13.2 Å². The van der Waals surface area contributed by atoms with Crippen molar-refractivity contribution >= 4 is 11.8 Å². The van der Waals surface area contributed by atoms with E-state index >= 15 is 0 Å². The molecule has 0 unspecified atom stereocenters. The molecule has 0 aliphatic heterocycles. The zero-order valence-corrected chi connectivity index (χ0v) is 8.18. The van der Waals surface area contributed by atoms with Gasteiger partial charge in [0.25, 0.3) is 0 Å². The van der Waals surface area contributed by atoms with Crippen LogP contribution in [0.2, 0.25) is 0 Å². The highest BCUT2D eigenvalue weighted by molar-refractivity contribution is 7.99. The molecular formula is C9H8F4S. The summed E-state index contributed by atoms with van der Waals surface area (Å²) in [6.07, 6.45) is -4.61. The van der Waals surface area contributed by atoms with Gasteiger partial charge in [-0.1, -0.05) is 6.92 Å². The molecule has 1 aromatic carbocycles. The fraction of sp³-hybridized carbons (Fsp3) is 0.333. The van der Waals surface area contributed by atoms with Crippen LogP contribution in [-0.2, 0) is 6.18 Å². The fourth-order valence-electron chi connectivity index (χ4n) is 0.982. The van der Waals surface area contributed by atoms with Crippen LogP contribution in [0.1, 0.15) is 12.5 Å². The Morgan fingerprint density at radius 3 is 2.36 bits per heavy atom. The maximum absolute atomic E-state index is 12.9. The lowest BCUT2D eigenvalue weighted by Gasteiger charge is -2.08. The zero-order valence-electron chi connectivity index (χ0n) is 7.36. The molecule has 0 aromatic heterocycles. The van der Waals surface area contributed by atoms with E-state index in [1.54, 1.807) is 0 Å². The Morgan fingerprint density at radius 1 is 1.29 bits per heavy atom. The Morgan fingerprint density at radius 2 is 1.93 bits per heavy atom. The van der Waals surface area contributed by atoms with E-state index < -0.39 is 17.6 Å². The highest BCUT2D eigenvalue weighted by atomic mass is 32.2. The van der Waals surface area contributed by atoms with Gasteiger partial charge < -0.3 is 0 Å². The molecule has 0 nitrogen and oxygen atoms in total. The Hall–Kier alpha value is -0.710. The van der Waals surface area contributed by atoms with Crippen molar-refractivity contribution < 1.29 is 17.6 Å². The first-order chi connectivity index (χ1) is 6.45. The molecule has 0 fully saturated rings. The number of hydrogen-bond acceptors (Lipinski definition) is 1. The van der Waals surface area contributed by atoms with Gasteiger partial charge in [0, 0.05) is 4.90 Å². The summed E-state index contributed by atoms with van der Waals surface area (Å²) in [5.41, 5.74) is -1.21. The van der Waals surface area contributed by atoms with Crippen LogP contribution in [-0.4, -0.2) is 5.75 Å². The van der Waals surface area contributed by atoms with Crippen LogP contribution in [0.3, 0.4) is 0 Å². The summed E-state index contributed by atoms with van der Waals surface area (Å²) >= 11 is 1.30. The summed E-state index contributed by atoms with van der Waals surface area (Å²) in [6, 6.07) is 2.96. The maximum Gasteiger partial charge on any atom is 0.419 e. The first-order valence-electron chi connectivity index (χ1n) is 3.94. The summed E-state index contributed by atoms with van der Waals surface area (Å²) in [6.45, 7) is 1.85. The number of hydrogen-bond donors (Lipinski definition) is 0. The van der Waals surface area contributed by atoms with Crippen LogP contribution in [0, 0.1) is 5.82 Å². The van der Waals surface area contributed by atoms with Crippen LogP contribution < -0.4 is 0 Å². The normalized spacial score (nSPS) is 11.8. The molecule has 0 saturated carbocycles. The second-order valence-electron chi connectivity index (χ2n) is 2.57. The molecule has 78 valence electrons. The van der Waals surface area contributed by atoms with Crippen molar-refractivity contribution in [2.45, 2.75) is 18.0 Å². The summed E-state index contributed by atoms with van der Waals surface area (Å²) in [7, 11) is 0. The van der Waals surface area contributed by atoms with Gasteiger partial charge in [-0.15, -0.1) is 11.8 Å². The standard InChI is InChI=1S/C9H8F4S/c1-2-14-6-3-4-7(8(10)5-6)9(11,12)13/h3-5H,2H2,1H3. The smallest absolute Gasteiger partial charge is 0.206 e. The molecule has 0 amide bonds. The molecule has 0 radical (unpaired) electrons. The minimum atomic E-state index is -4.61. The van der Waals surface area contributed by atoms with Crippen LogP contribution in [0.4, 0.5) is 17.6 Å². The van der Waals surface area contributed by atoms with Crippen LogP contribution in [0.25, 0.3) is 0 Å². The Labute approximate surface area is 83.3 Å². The lowest BCUT2D eigenvalue weighted by molar-refractivity contribution is -0.140. The van der Waals surface area contributed by atoms with E-state index in [1.165, 1.54) is 17.8 Å². The Balaban J connectivity index is 3.02. The third-order valence-electron chi connectivity index (χ3n) is 1.56. The molecule has 14 heavy (non-hydrogen) atoms. The molecule has 0 atom stereocenters. The van der Waals surface area contributed by atoms with Gasteiger partial charge in [0.15, 0.2) is 0 Å². The summed E-state index contributed by atoms with van der Waals surface area (Å²) < 4.78 is 49.3. The number of thioether (sulfide) groups is 1. The number of benzene rings is 1. The molecule has 0 spiro atoms. The van der Waals surface area contributed by atoms with Gasteiger partial charge in [0.05, 0.1) is 5.56 Å². The molecule has 0 bridgehead atoms. The third-order valence-corrected chi connectivity index (χ3v) is 2.43. The average molecular weight is 224 g/mol. The molecule has 1 aromatic rings. The predicted molar refractivity (Wildman–Crippen MR) is 47.8 cm³/mol. The molecule has 0 aliphatic rings. The van der Waals surface area contributed by atoms with Crippen molar-refractivity contribution in [2.75, 3.05) is 5.75 Å². The van der Waals surface area contributed by atoms with Crippen LogP contribution in [0.15, 0.2) is 23.1 Å². The van der Waals surface area contributed by atoms with Crippen molar-refractivity contribution in [3.63, 3.8) is 0 Å². The molecule has 0 saturated heterocycles. The fourth-order valence-corrected chi connectivity index (χ4v) is 1.67. The largest absolute Gasteiger partial charge is 0.419 e. The van der Waals surface area contributed by atoms with E-state index in [-0.39, 0.29) is 0 Å². The van der Waals surface area contributed by atoms with Gasteiger partial charge >= 0.3 is 6.18 Å². The van der Waals surface area contributed by atoms with Gasteiger partial charge in [-0.25, -0.2) is 4.39 Å². The maximum atomic E-state index is 12.9. The number of alkyl halides is 3. The van der Waals surface area contributed by atoms with Gasteiger partial charge in [-0.3, -0.25) is 0 Å². The topological polar surface area (TPSA) is 0 Å². The highest BCUT2D eigenvalue weighted by Gasteiger charge is 2.33. The van der Waals surface area contributed by atoms with Crippen LogP contribution >= 0.6 is 11.8 Å². The van der Waals surface area contributed by atoms with Crippen molar-refractivity contribution in [3.8, 4) is 0 Å². The monoisotopic (exact) mass is 224 g/mol. The van der Waals surface area contributed by atoms with E-state index in [0.29, 0.717) is 10.6 Å². The van der Waals surface area contributed by atoms with Crippen LogP contribution in [0.5, 0.6) is 0 Å². The number of halogens is 4. The van der Waals surface area contributed by atoms with Gasteiger partial charge in [0.2, 0.25) is 0 Å².